The van der Waals surface area contributed by atoms with Gasteiger partial charge in [0.1, 0.15) is 0 Å². The Morgan fingerprint density at radius 3 is 3.21 bits per heavy atom. The van der Waals surface area contributed by atoms with Gasteiger partial charge in [0.05, 0.1) is 6.61 Å². The Labute approximate surface area is 82.4 Å². The summed E-state index contributed by atoms with van der Waals surface area (Å²) in [7, 11) is 0. The number of aromatic nitrogens is 1. The van der Waals surface area contributed by atoms with Crippen molar-refractivity contribution in [1.82, 2.24) is 4.98 Å². The van der Waals surface area contributed by atoms with Crippen LogP contribution in [0.3, 0.4) is 0 Å². The second-order valence-electron chi connectivity index (χ2n) is 3.14. The maximum absolute atomic E-state index is 11.4. The highest BCUT2D eigenvalue weighted by atomic mass is 16.5. The minimum Gasteiger partial charge on any atom is -0.463 e. The molecule has 0 spiro atoms. The number of esters is 1. The highest BCUT2D eigenvalue weighted by Crippen LogP contribution is 2.24. The van der Waals surface area contributed by atoms with Crippen molar-refractivity contribution in [2.24, 2.45) is 0 Å². The Morgan fingerprint density at radius 2 is 2.50 bits per heavy atom. The number of pyridine rings is 1. The summed E-state index contributed by atoms with van der Waals surface area (Å²) in [6.45, 7) is 2.23. The standard InChI is InChI=1S/C11H11NO2/c1-2-14-11(13)9-5-8-3-4-12-7-10(8)6-9/h3-4,6-7H,2,5H2,1H3. The number of rotatable bonds is 2. The molecule has 14 heavy (non-hydrogen) atoms. The first-order chi connectivity index (χ1) is 6.81. The molecular weight excluding hydrogens is 178 g/mol. The van der Waals surface area contributed by atoms with Gasteiger partial charge in [0.25, 0.3) is 0 Å². The first kappa shape index (κ1) is 8.94. The molecule has 0 unspecified atom stereocenters. The average Bonchev–Trinajstić information content (AvgIpc) is 2.61. The van der Waals surface area contributed by atoms with Gasteiger partial charge >= 0.3 is 5.97 Å². The van der Waals surface area contributed by atoms with Gasteiger partial charge in [-0.15, -0.1) is 0 Å². The Morgan fingerprint density at radius 1 is 1.64 bits per heavy atom. The van der Waals surface area contributed by atoms with Gasteiger partial charge in [0, 0.05) is 24.4 Å². The van der Waals surface area contributed by atoms with Crippen LogP contribution >= 0.6 is 0 Å². The number of carbonyl (C=O) groups excluding carboxylic acids is 1. The van der Waals surface area contributed by atoms with Gasteiger partial charge in [-0.25, -0.2) is 4.79 Å². The van der Waals surface area contributed by atoms with E-state index in [-0.39, 0.29) is 5.97 Å². The van der Waals surface area contributed by atoms with E-state index in [2.05, 4.69) is 4.98 Å². The number of hydrogen-bond donors (Lipinski definition) is 0. The summed E-state index contributed by atoms with van der Waals surface area (Å²) >= 11 is 0. The van der Waals surface area contributed by atoms with E-state index in [0.29, 0.717) is 13.0 Å². The van der Waals surface area contributed by atoms with Crippen LogP contribution in [0.4, 0.5) is 0 Å². The molecule has 0 aliphatic heterocycles. The van der Waals surface area contributed by atoms with E-state index in [4.69, 9.17) is 4.74 Å². The molecule has 0 fully saturated rings. The maximum Gasteiger partial charge on any atom is 0.334 e. The smallest absolute Gasteiger partial charge is 0.334 e. The molecule has 1 aromatic rings. The Kier molecular flexibility index (Phi) is 2.31. The zero-order chi connectivity index (χ0) is 9.97. The van der Waals surface area contributed by atoms with Crippen LogP contribution in [0.1, 0.15) is 18.1 Å². The third-order valence-electron chi connectivity index (χ3n) is 2.19. The third kappa shape index (κ3) is 1.53. The van der Waals surface area contributed by atoms with Crippen molar-refractivity contribution in [2.75, 3.05) is 6.61 Å². The number of fused-ring (bicyclic) bond motifs is 1. The van der Waals surface area contributed by atoms with E-state index < -0.39 is 0 Å². The van der Waals surface area contributed by atoms with Crippen LogP contribution in [-0.4, -0.2) is 17.6 Å². The lowest BCUT2D eigenvalue weighted by Gasteiger charge is -2.00. The van der Waals surface area contributed by atoms with Crippen molar-refractivity contribution < 1.29 is 9.53 Å². The van der Waals surface area contributed by atoms with Gasteiger partial charge in [-0.1, -0.05) is 0 Å². The maximum atomic E-state index is 11.4. The molecule has 1 aliphatic carbocycles. The van der Waals surface area contributed by atoms with Crippen molar-refractivity contribution in [3.63, 3.8) is 0 Å². The summed E-state index contributed by atoms with van der Waals surface area (Å²) in [4.78, 5) is 15.4. The van der Waals surface area contributed by atoms with E-state index in [1.54, 1.807) is 12.4 Å². The molecule has 72 valence electrons. The minimum atomic E-state index is -0.219. The number of hydrogen-bond acceptors (Lipinski definition) is 3. The number of carbonyl (C=O) groups is 1. The van der Waals surface area contributed by atoms with Crippen molar-refractivity contribution in [3.05, 3.63) is 35.2 Å². The fraction of sp³-hybridized carbons (Fsp3) is 0.273. The second kappa shape index (κ2) is 3.62. The molecule has 0 amide bonds. The van der Waals surface area contributed by atoms with E-state index in [1.807, 2.05) is 19.1 Å². The predicted octanol–water partition coefficient (Wildman–Crippen LogP) is 1.58. The zero-order valence-electron chi connectivity index (χ0n) is 7.99. The highest BCUT2D eigenvalue weighted by Gasteiger charge is 2.18. The fourth-order valence-corrected chi connectivity index (χ4v) is 1.53. The van der Waals surface area contributed by atoms with Crippen LogP contribution in [0, 0.1) is 0 Å². The van der Waals surface area contributed by atoms with Gasteiger partial charge < -0.3 is 4.74 Å². The van der Waals surface area contributed by atoms with Crippen LogP contribution in [0.5, 0.6) is 0 Å². The van der Waals surface area contributed by atoms with Gasteiger partial charge in [0.15, 0.2) is 0 Å². The SMILES string of the molecule is CCOC(=O)C1=Cc2cnccc2C1. The second-order valence-corrected chi connectivity index (χ2v) is 3.14. The van der Waals surface area contributed by atoms with Gasteiger partial charge in [0.2, 0.25) is 0 Å². The van der Waals surface area contributed by atoms with E-state index in [1.165, 1.54) is 0 Å². The molecule has 0 bridgehead atoms. The lowest BCUT2D eigenvalue weighted by Crippen LogP contribution is -2.07. The molecule has 2 rings (SSSR count). The van der Waals surface area contributed by atoms with Crippen LogP contribution < -0.4 is 0 Å². The summed E-state index contributed by atoms with van der Waals surface area (Å²) < 4.78 is 4.93. The summed E-state index contributed by atoms with van der Waals surface area (Å²) in [5, 5.41) is 0. The molecule has 1 heterocycles. The molecule has 1 aliphatic rings. The van der Waals surface area contributed by atoms with Crippen molar-refractivity contribution >= 4 is 12.0 Å². The number of nitrogens with zero attached hydrogens (tertiary/aromatic N) is 1. The van der Waals surface area contributed by atoms with Crippen LogP contribution in [-0.2, 0) is 16.0 Å². The summed E-state index contributed by atoms with van der Waals surface area (Å²) in [5.41, 5.74) is 2.88. The Balaban J connectivity index is 2.19. The van der Waals surface area contributed by atoms with Crippen LogP contribution in [0.15, 0.2) is 24.0 Å². The van der Waals surface area contributed by atoms with Crippen molar-refractivity contribution in [1.29, 1.82) is 0 Å². The highest BCUT2D eigenvalue weighted by molar-refractivity contribution is 5.96. The average molecular weight is 189 g/mol. The summed E-state index contributed by atoms with van der Waals surface area (Å²) in [5.74, 6) is -0.219. The van der Waals surface area contributed by atoms with Crippen LogP contribution in [0.2, 0.25) is 0 Å². The fourth-order valence-electron chi connectivity index (χ4n) is 1.53. The van der Waals surface area contributed by atoms with E-state index in [9.17, 15) is 4.79 Å². The molecule has 0 saturated heterocycles. The lowest BCUT2D eigenvalue weighted by molar-refractivity contribution is -0.138. The molecule has 1 aromatic heterocycles. The molecular formula is C11H11NO2. The Bertz CT molecular complexity index is 396. The molecule has 3 heteroatoms. The van der Waals surface area contributed by atoms with Crippen molar-refractivity contribution in [2.45, 2.75) is 13.3 Å². The zero-order valence-corrected chi connectivity index (χ0v) is 7.99. The largest absolute Gasteiger partial charge is 0.463 e. The lowest BCUT2D eigenvalue weighted by atomic mass is 10.1. The summed E-state index contributed by atoms with van der Waals surface area (Å²) in [6, 6.07) is 1.93. The van der Waals surface area contributed by atoms with Crippen molar-refractivity contribution in [3.8, 4) is 0 Å². The molecule has 0 radical (unpaired) electrons. The van der Waals surface area contributed by atoms with Crippen LogP contribution in [0.25, 0.3) is 6.08 Å². The molecule has 0 saturated carbocycles. The third-order valence-corrected chi connectivity index (χ3v) is 2.19. The number of ether oxygens (including phenoxy) is 1. The minimum absolute atomic E-state index is 0.219. The predicted molar refractivity (Wildman–Crippen MR) is 52.6 cm³/mol. The topological polar surface area (TPSA) is 39.2 Å². The molecule has 0 aromatic carbocycles. The van der Waals surface area contributed by atoms with Gasteiger partial charge in [-0.2, -0.15) is 0 Å². The molecule has 0 atom stereocenters. The monoisotopic (exact) mass is 189 g/mol. The van der Waals surface area contributed by atoms with E-state index in [0.717, 1.165) is 16.7 Å². The molecule has 0 N–H and O–H groups in total. The first-order valence-electron chi connectivity index (χ1n) is 4.62. The van der Waals surface area contributed by atoms with Gasteiger partial charge in [-0.3, -0.25) is 4.98 Å². The quantitative estimate of drug-likeness (QED) is 0.663. The summed E-state index contributed by atoms with van der Waals surface area (Å²) in [6.07, 6.45) is 6.01. The normalized spacial score (nSPS) is 13.4. The first-order valence-corrected chi connectivity index (χ1v) is 4.62. The Hall–Kier alpha value is -1.64. The molecule has 3 nitrogen and oxygen atoms in total. The van der Waals surface area contributed by atoms with E-state index >= 15 is 0 Å². The van der Waals surface area contributed by atoms with Gasteiger partial charge in [-0.05, 0) is 30.2 Å².